The topological polar surface area (TPSA) is 85.3 Å². The zero-order chi connectivity index (χ0) is 26.0. The summed E-state index contributed by atoms with van der Waals surface area (Å²) in [6, 6.07) is 18.4. The number of benzene rings is 3. The van der Waals surface area contributed by atoms with Crippen molar-refractivity contribution in [1.82, 2.24) is 0 Å². The Morgan fingerprint density at radius 3 is 2.00 bits per heavy atom. The van der Waals surface area contributed by atoms with Crippen molar-refractivity contribution in [2.75, 3.05) is 19.1 Å². The number of carbonyl (C=O) groups excluding carboxylic acids is 2. The number of hydrogen-bond acceptors (Lipinski definition) is 6. The zero-order valence-electron chi connectivity index (χ0n) is 20.9. The first-order chi connectivity index (χ1) is 17.2. The van der Waals surface area contributed by atoms with Gasteiger partial charge < -0.3 is 19.3 Å². The highest BCUT2D eigenvalue weighted by molar-refractivity contribution is 6.51. The van der Waals surface area contributed by atoms with Gasteiger partial charge in [0, 0.05) is 11.3 Å². The van der Waals surface area contributed by atoms with E-state index in [2.05, 4.69) is 0 Å². The maximum absolute atomic E-state index is 13.4. The van der Waals surface area contributed by atoms with Gasteiger partial charge in [-0.05, 0) is 86.5 Å². The van der Waals surface area contributed by atoms with Crippen molar-refractivity contribution in [3.63, 3.8) is 0 Å². The van der Waals surface area contributed by atoms with E-state index >= 15 is 0 Å². The van der Waals surface area contributed by atoms with Gasteiger partial charge in [-0.25, -0.2) is 0 Å². The monoisotopic (exact) mass is 487 g/mol. The largest absolute Gasteiger partial charge is 0.507 e. The van der Waals surface area contributed by atoms with Gasteiger partial charge in [0.15, 0.2) is 0 Å². The van der Waals surface area contributed by atoms with Crippen molar-refractivity contribution in [3.8, 4) is 17.2 Å². The Morgan fingerprint density at radius 2 is 1.44 bits per heavy atom. The van der Waals surface area contributed by atoms with E-state index in [-0.39, 0.29) is 17.4 Å². The van der Waals surface area contributed by atoms with Crippen LogP contribution < -0.4 is 19.1 Å². The van der Waals surface area contributed by atoms with Crippen molar-refractivity contribution in [3.05, 3.63) is 89.0 Å². The van der Waals surface area contributed by atoms with Gasteiger partial charge in [-0.2, -0.15) is 0 Å². The third-order valence-electron chi connectivity index (χ3n) is 6.05. The average Bonchev–Trinajstić information content (AvgIpc) is 3.14. The Labute approximate surface area is 210 Å². The Hall–Kier alpha value is -4.26. The van der Waals surface area contributed by atoms with Crippen LogP contribution in [0.3, 0.4) is 0 Å². The molecule has 7 nitrogen and oxygen atoms in total. The lowest BCUT2D eigenvalue weighted by molar-refractivity contribution is -0.132. The summed E-state index contributed by atoms with van der Waals surface area (Å²) < 4.78 is 16.3. The number of aliphatic hydroxyl groups is 1. The molecule has 1 atom stereocenters. The second-order valence-electron chi connectivity index (χ2n) is 8.78. The number of nitrogens with zero attached hydrogens (tertiary/aromatic N) is 1. The molecule has 1 unspecified atom stereocenters. The molecule has 1 aliphatic heterocycles. The fraction of sp³-hybridized carbons (Fsp3) is 0.241. The summed E-state index contributed by atoms with van der Waals surface area (Å²) >= 11 is 0. The third kappa shape index (κ3) is 4.64. The highest BCUT2D eigenvalue weighted by Crippen LogP contribution is 2.43. The van der Waals surface area contributed by atoms with Crippen molar-refractivity contribution < 1.29 is 28.9 Å². The van der Waals surface area contributed by atoms with Crippen LogP contribution in [0, 0.1) is 6.92 Å². The van der Waals surface area contributed by atoms with Crippen LogP contribution in [0.25, 0.3) is 5.76 Å². The number of aliphatic hydroxyl groups excluding tert-OH is 1. The van der Waals surface area contributed by atoms with Gasteiger partial charge in [-0.15, -0.1) is 0 Å². The van der Waals surface area contributed by atoms with E-state index in [0.717, 1.165) is 0 Å². The van der Waals surface area contributed by atoms with E-state index in [9.17, 15) is 14.7 Å². The van der Waals surface area contributed by atoms with Crippen LogP contribution in [0.2, 0.25) is 0 Å². The molecule has 7 heteroatoms. The number of aryl methyl sites for hydroxylation is 1. The fourth-order valence-corrected chi connectivity index (χ4v) is 4.33. The normalized spacial score (nSPS) is 16.9. The highest BCUT2D eigenvalue weighted by Gasteiger charge is 2.47. The van der Waals surface area contributed by atoms with Crippen molar-refractivity contribution >= 4 is 23.1 Å². The quantitative estimate of drug-likeness (QED) is 0.272. The molecule has 36 heavy (non-hydrogen) atoms. The van der Waals surface area contributed by atoms with Gasteiger partial charge in [0.2, 0.25) is 0 Å². The molecule has 0 saturated carbocycles. The van der Waals surface area contributed by atoms with Crippen LogP contribution in [0.5, 0.6) is 17.2 Å². The zero-order valence-corrected chi connectivity index (χ0v) is 20.9. The maximum Gasteiger partial charge on any atom is 0.300 e. The summed E-state index contributed by atoms with van der Waals surface area (Å²) in [4.78, 5) is 28.1. The minimum atomic E-state index is -0.840. The Balaban J connectivity index is 1.89. The van der Waals surface area contributed by atoms with Gasteiger partial charge in [0.1, 0.15) is 23.0 Å². The van der Waals surface area contributed by atoms with Crippen molar-refractivity contribution in [2.45, 2.75) is 32.9 Å². The van der Waals surface area contributed by atoms with Gasteiger partial charge in [0.25, 0.3) is 11.7 Å². The molecule has 3 aromatic carbocycles. The summed E-state index contributed by atoms with van der Waals surface area (Å²) in [5, 5.41) is 11.4. The lowest BCUT2D eigenvalue weighted by atomic mass is 9.93. The molecule has 0 radical (unpaired) electrons. The van der Waals surface area contributed by atoms with E-state index in [1.165, 1.54) is 4.90 Å². The third-order valence-corrected chi connectivity index (χ3v) is 6.05. The molecule has 1 saturated heterocycles. The Kier molecular flexibility index (Phi) is 7.01. The molecule has 3 aromatic rings. The standard InChI is InChI=1S/C29H29NO6/c1-17(2)36-22-10-6-19(7-11-22)26-25(27(31)24-15-14-23(35-5)16-18(24)3)28(32)29(33)30(26)20-8-12-21(34-4)13-9-20/h6-17,26,31H,1-5H3/b27-25-. The number of hydrogen-bond donors (Lipinski definition) is 1. The smallest absolute Gasteiger partial charge is 0.300 e. The van der Waals surface area contributed by atoms with Crippen molar-refractivity contribution in [2.24, 2.45) is 0 Å². The first kappa shape index (κ1) is 24.9. The maximum atomic E-state index is 13.4. The average molecular weight is 488 g/mol. The summed E-state index contributed by atoms with van der Waals surface area (Å²) in [6.45, 7) is 5.68. The summed E-state index contributed by atoms with van der Waals surface area (Å²) in [7, 11) is 3.11. The molecule has 186 valence electrons. The molecule has 0 aromatic heterocycles. The molecule has 1 heterocycles. The first-order valence-corrected chi connectivity index (χ1v) is 11.6. The number of carbonyl (C=O) groups is 2. The Morgan fingerprint density at radius 1 is 0.861 bits per heavy atom. The van der Waals surface area contributed by atoms with Crippen LogP contribution in [0.15, 0.2) is 72.3 Å². The fourth-order valence-electron chi connectivity index (χ4n) is 4.33. The van der Waals surface area contributed by atoms with Crippen LogP contribution in [-0.4, -0.2) is 37.1 Å². The van der Waals surface area contributed by atoms with Gasteiger partial charge in [-0.3, -0.25) is 14.5 Å². The molecule has 1 aliphatic rings. The number of rotatable bonds is 7. The predicted molar refractivity (Wildman–Crippen MR) is 138 cm³/mol. The van der Waals surface area contributed by atoms with E-state index in [1.807, 2.05) is 20.8 Å². The number of ether oxygens (including phenoxy) is 3. The van der Waals surface area contributed by atoms with Gasteiger partial charge in [-0.1, -0.05) is 12.1 Å². The van der Waals surface area contributed by atoms with E-state index in [1.54, 1.807) is 80.9 Å². The van der Waals surface area contributed by atoms with E-state index in [4.69, 9.17) is 14.2 Å². The van der Waals surface area contributed by atoms with Crippen LogP contribution in [0.1, 0.15) is 36.6 Å². The predicted octanol–water partition coefficient (Wildman–Crippen LogP) is 5.43. The van der Waals surface area contributed by atoms with Gasteiger partial charge in [0.05, 0.1) is 31.9 Å². The van der Waals surface area contributed by atoms with Crippen LogP contribution in [0.4, 0.5) is 5.69 Å². The molecule has 4 rings (SSSR count). The minimum absolute atomic E-state index is 0.00108. The summed E-state index contributed by atoms with van der Waals surface area (Å²) in [5.74, 6) is 0.195. The molecule has 1 N–H and O–H groups in total. The number of amides is 1. The number of Topliss-reactive ketones (excluding diaryl/α,β-unsaturated/α-hetero) is 1. The lowest BCUT2D eigenvalue weighted by Gasteiger charge is -2.26. The first-order valence-electron chi connectivity index (χ1n) is 11.6. The highest BCUT2D eigenvalue weighted by atomic mass is 16.5. The van der Waals surface area contributed by atoms with Crippen LogP contribution >= 0.6 is 0 Å². The minimum Gasteiger partial charge on any atom is -0.507 e. The molecule has 1 fully saturated rings. The van der Waals surface area contributed by atoms with Gasteiger partial charge >= 0.3 is 0 Å². The Bertz CT molecular complexity index is 1310. The van der Waals surface area contributed by atoms with E-state index in [0.29, 0.717) is 39.6 Å². The SMILES string of the molecule is COc1ccc(N2C(=O)C(=O)/C(=C(\O)c3ccc(OC)cc3C)C2c2ccc(OC(C)C)cc2)cc1. The summed E-state index contributed by atoms with van der Waals surface area (Å²) in [6.07, 6.45) is -0.00108. The molecule has 1 amide bonds. The molecular weight excluding hydrogens is 458 g/mol. The number of ketones is 1. The second-order valence-corrected chi connectivity index (χ2v) is 8.78. The molecular formula is C29H29NO6. The van der Waals surface area contributed by atoms with E-state index < -0.39 is 17.7 Å². The lowest BCUT2D eigenvalue weighted by Crippen LogP contribution is -2.29. The second kappa shape index (κ2) is 10.2. The molecule has 0 aliphatic carbocycles. The number of anilines is 1. The molecule has 0 spiro atoms. The molecule has 0 bridgehead atoms. The van der Waals surface area contributed by atoms with Crippen molar-refractivity contribution in [1.29, 1.82) is 0 Å². The van der Waals surface area contributed by atoms with Crippen LogP contribution in [-0.2, 0) is 9.59 Å². The summed E-state index contributed by atoms with van der Waals surface area (Å²) in [5.41, 5.74) is 2.35. The number of methoxy groups -OCH3 is 2.